The average molecular weight is 395 g/mol. The van der Waals surface area contributed by atoms with Crippen molar-refractivity contribution in [1.82, 2.24) is 25.1 Å². The zero-order chi connectivity index (χ0) is 20.4. The fourth-order valence-corrected chi connectivity index (χ4v) is 4.43. The minimum absolute atomic E-state index is 0.00275. The molecule has 0 N–H and O–H groups in total. The van der Waals surface area contributed by atoms with Crippen molar-refractivity contribution in [3.05, 3.63) is 53.9 Å². The fourth-order valence-electron chi connectivity index (χ4n) is 4.43. The van der Waals surface area contributed by atoms with Crippen molar-refractivity contribution < 1.29 is 14.3 Å². The van der Waals surface area contributed by atoms with E-state index in [0.717, 1.165) is 5.56 Å². The number of likely N-dealkylation sites (tertiary alicyclic amines) is 1. The van der Waals surface area contributed by atoms with Crippen molar-refractivity contribution in [1.29, 1.82) is 0 Å². The molecule has 1 fully saturated rings. The predicted molar refractivity (Wildman–Crippen MR) is 105 cm³/mol. The Balaban J connectivity index is 1.45. The molecule has 152 valence electrons. The summed E-state index contributed by atoms with van der Waals surface area (Å²) in [5.41, 5.74) is 1.66. The number of esters is 1. The molecular weight excluding hydrogens is 370 g/mol. The summed E-state index contributed by atoms with van der Waals surface area (Å²) in [6.07, 6.45) is 5.80. The molecule has 1 amide bonds. The molecule has 29 heavy (non-hydrogen) atoms. The molecule has 0 spiro atoms. The Morgan fingerprint density at radius 1 is 1.17 bits per heavy atom. The number of allylic oxidation sites excluding steroid dienone is 1. The van der Waals surface area contributed by atoms with Crippen molar-refractivity contribution in [2.75, 3.05) is 19.7 Å². The minimum atomic E-state index is -0.193. The lowest BCUT2D eigenvalue weighted by atomic mass is 9.72. The van der Waals surface area contributed by atoms with Crippen LogP contribution in [0, 0.1) is 23.7 Å². The van der Waals surface area contributed by atoms with Crippen LogP contribution in [0.4, 0.5) is 0 Å². The van der Waals surface area contributed by atoms with Gasteiger partial charge in [0.1, 0.15) is 6.33 Å². The molecular formula is C21H25N5O3. The van der Waals surface area contributed by atoms with Gasteiger partial charge in [0.25, 0.3) is 5.91 Å². The lowest BCUT2D eigenvalue weighted by Gasteiger charge is -2.31. The Morgan fingerprint density at radius 3 is 2.66 bits per heavy atom. The van der Waals surface area contributed by atoms with Crippen LogP contribution in [-0.2, 0) is 16.1 Å². The summed E-state index contributed by atoms with van der Waals surface area (Å²) in [5.74, 6) is 0.0793. The average Bonchev–Trinajstić information content (AvgIpc) is 3.37. The van der Waals surface area contributed by atoms with Gasteiger partial charge in [-0.2, -0.15) is 0 Å². The van der Waals surface area contributed by atoms with Crippen LogP contribution in [0.5, 0.6) is 0 Å². The summed E-state index contributed by atoms with van der Waals surface area (Å²) in [4.78, 5) is 27.4. The number of carbonyl (C=O) groups is 2. The van der Waals surface area contributed by atoms with Gasteiger partial charge in [0.05, 0.1) is 19.1 Å². The molecule has 0 bridgehead atoms. The quantitative estimate of drug-likeness (QED) is 0.566. The van der Waals surface area contributed by atoms with Gasteiger partial charge in [0, 0.05) is 18.7 Å². The van der Waals surface area contributed by atoms with E-state index in [4.69, 9.17) is 4.74 Å². The lowest BCUT2D eigenvalue weighted by Crippen LogP contribution is -2.37. The molecule has 2 aliphatic rings. The summed E-state index contributed by atoms with van der Waals surface area (Å²) in [6, 6.07) is 7.51. The zero-order valence-electron chi connectivity index (χ0n) is 16.6. The number of benzene rings is 1. The molecule has 8 nitrogen and oxygen atoms in total. The number of hydrogen-bond donors (Lipinski definition) is 0. The Kier molecular flexibility index (Phi) is 5.42. The molecule has 0 unspecified atom stereocenters. The Morgan fingerprint density at radius 2 is 1.97 bits per heavy atom. The van der Waals surface area contributed by atoms with Gasteiger partial charge in [0.15, 0.2) is 0 Å². The van der Waals surface area contributed by atoms with Gasteiger partial charge in [-0.1, -0.05) is 31.2 Å². The van der Waals surface area contributed by atoms with Gasteiger partial charge in [-0.15, -0.1) is 5.10 Å². The van der Waals surface area contributed by atoms with Crippen LogP contribution in [0.3, 0.4) is 0 Å². The summed E-state index contributed by atoms with van der Waals surface area (Å²) in [6.45, 7) is 6.01. The van der Waals surface area contributed by atoms with Crippen molar-refractivity contribution in [3.8, 4) is 0 Å². The predicted octanol–water partition coefficient (Wildman–Crippen LogP) is 1.79. The van der Waals surface area contributed by atoms with Crippen LogP contribution in [0.1, 0.15) is 29.8 Å². The first kappa shape index (κ1) is 19.3. The maximum absolute atomic E-state index is 13.1. The summed E-state index contributed by atoms with van der Waals surface area (Å²) in [5, 5.41) is 11.1. The molecule has 4 atom stereocenters. The third-order valence-electron chi connectivity index (χ3n) is 5.88. The van der Waals surface area contributed by atoms with E-state index in [0.29, 0.717) is 31.8 Å². The number of fused-ring (bicyclic) bond motifs is 1. The van der Waals surface area contributed by atoms with Crippen molar-refractivity contribution in [3.63, 3.8) is 0 Å². The normalized spacial score (nSPS) is 25.7. The summed E-state index contributed by atoms with van der Waals surface area (Å²) >= 11 is 0. The number of hydrogen-bond acceptors (Lipinski definition) is 6. The van der Waals surface area contributed by atoms with E-state index in [1.165, 1.54) is 0 Å². The van der Waals surface area contributed by atoms with Gasteiger partial charge >= 0.3 is 5.97 Å². The van der Waals surface area contributed by atoms with E-state index >= 15 is 0 Å². The highest BCUT2D eigenvalue weighted by molar-refractivity contribution is 5.94. The topological polar surface area (TPSA) is 90.2 Å². The van der Waals surface area contributed by atoms with E-state index in [9.17, 15) is 9.59 Å². The molecule has 4 rings (SSSR count). The van der Waals surface area contributed by atoms with E-state index in [-0.39, 0.29) is 35.5 Å². The summed E-state index contributed by atoms with van der Waals surface area (Å²) in [7, 11) is 0. The Bertz CT molecular complexity index is 894. The monoisotopic (exact) mass is 395 g/mol. The largest absolute Gasteiger partial charge is 0.466 e. The van der Waals surface area contributed by atoms with Gasteiger partial charge in [-0.3, -0.25) is 9.59 Å². The van der Waals surface area contributed by atoms with Gasteiger partial charge in [-0.25, -0.2) is 4.68 Å². The first-order chi connectivity index (χ1) is 14.1. The third-order valence-corrected chi connectivity index (χ3v) is 5.88. The van der Waals surface area contributed by atoms with E-state index < -0.39 is 0 Å². The standard InChI is InChI=1S/C21H25N5O3/c1-3-29-21(28)19-14(2)4-7-17-11-25(12-18(17)19)20(27)16-8-5-15(6-9-16)10-26-13-22-23-24-26/h4-9,13-14,17-19H,3,10-12H2,1-2H3/t14-,17-,18+,19+/m0/s1. The summed E-state index contributed by atoms with van der Waals surface area (Å²) < 4.78 is 6.93. The van der Waals surface area contributed by atoms with Crippen molar-refractivity contribution >= 4 is 11.9 Å². The van der Waals surface area contributed by atoms with Crippen molar-refractivity contribution in [2.45, 2.75) is 20.4 Å². The number of amides is 1. The first-order valence-electron chi connectivity index (χ1n) is 10.0. The van der Waals surface area contributed by atoms with Crippen LogP contribution in [0.15, 0.2) is 42.7 Å². The maximum atomic E-state index is 13.1. The van der Waals surface area contributed by atoms with Crippen LogP contribution in [0.25, 0.3) is 0 Å². The lowest BCUT2D eigenvalue weighted by molar-refractivity contribution is -0.152. The minimum Gasteiger partial charge on any atom is -0.466 e. The van der Waals surface area contributed by atoms with Crippen LogP contribution in [0.2, 0.25) is 0 Å². The molecule has 2 heterocycles. The van der Waals surface area contributed by atoms with Gasteiger partial charge < -0.3 is 9.64 Å². The number of carbonyl (C=O) groups excluding carboxylic acids is 2. The number of ether oxygens (including phenoxy) is 1. The molecule has 1 aliphatic heterocycles. The fraction of sp³-hybridized carbons (Fsp3) is 0.476. The number of rotatable bonds is 5. The Hall–Kier alpha value is -3.03. The highest BCUT2D eigenvalue weighted by atomic mass is 16.5. The van der Waals surface area contributed by atoms with E-state index in [2.05, 4.69) is 27.7 Å². The molecule has 1 aliphatic carbocycles. The second-order valence-corrected chi connectivity index (χ2v) is 7.76. The van der Waals surface area contributed by atoms with E-state index in [1.807, 2.05) is 43.0 Å². The SMILES string of the molecule is CCOC(=O)[C@H]1[C@@H]2CN(C(=O)c3ccc(Cn4cnnn4)cc3)C[C@@H]2C=C[C@@H]1C. The van der Waals surface area contributed by atoms with E-state index in [1.54, 1.807) is 11.0 Å². The highest BCUT2D eigenvalue weighted by Crippen LogP contribution is 2.40. The molecule has 0 radical (unpaired) electrons. The molecule has 1 aromatic heterocycles. The smallest absolute Gasteiger partial charge is 0.309 e. The molecule has 8 heteroatoms. The van der Waals surface area contributed by atoms with Crippen molar-refractivity contribution in [2.24, 2.45) is 23.7 Å². The first-order valence-corrected chi connectivity index (χ1v) is 10.0. The molecule has 0 saturated carbocycles. The Labute approximate surface area is 169 Å². The molecule has 2 aromatic rings. The third kappa shape index (κ3) is 3.92. The van der Waals surface area contributed by atoms with Crippen LogP contribution < -0.4 is 0 Å². The van der Waals surface area contributed by atoms with Crippen LogP contribution in [-0.4, -0.2) is 56.7 Å². The van der Waals surface area contributed by atoms with Gasteiger partial charge in [-0.05, 0) is 52.8 Å². The zero-order valence-corrected chi connectivity index (χ0v) is 16.6. The number of tetrazole rings is 1. The molecule has 1 saturated heterocycles. The van der Waals surface area contributed by atoms with Gasteiger partial charge in [0.2, 0.25) is 0 Å². The second-order valence-electron chi connectivity index (χ2n) is 7.76. The second kappa shape index (κ2) is 8.14. The number of nitrogens with zero attached hydrogens (tertiary/aromatic N) is 5. The van der Waals surface area contributed by atoms with Crippen LogP contribution >= 0.6 is 0 Å². The maximum Gasteiger partial charge on any atom is 0.309 e. The molecule has 1 aromatic carbocycles. The highest BCUT2D eigenvalue weighted by Gasteiger charge is 2.46. The number of aromatic nitrogens is 4.